The summed E-state index contributed by atoms with van der Waals surface area (Å²) in [5.74, 6) is 0. The fourth-order valence-corrected chi connectivity index (χ4v) is 2.44. The summed E-state index contributed by atoms with van der Waals surface area (Å²) in [4.78, 5) is 5.64. The van der Waals surface area contributed by atoms with E-state index in [9.17, 15) is 0 Å². The summed E-state index contributed by atoms with van der Waals surface area (Å²) in [7, 11) is 0. The highest BCUT2D eigenvalue weighted by Crippen LogP contribution is 2.21. The third-order valence-corrected chi connectivity index (χ3v) is 3.46. The first-order chi connectivity index (χ1) is 9.43. The van der Waals surface area contributed by atoms with Crippen LogP contribution < -0.4 is 5.48 Å². The van der Waals surface area contributed by atoms with Gasteiger partial charge in [0.15, 0.2) is 0 Å². The van der Waals surface area contributed by atoms with Crippen LogP contribution in [0.2, 0.25) is 0 Å². The Morgan fingerprint density at radius 1 is 1.16 bits per heavy atom. The maximum atomic E-state index is 5.64. The average Bonchev–Trinajstić information content (AvgIpc) is 3.11. The fraction of sp³-hybridized carbons (Fsp3) is 0.429. The molecular formula is C14H18N4O. The van der Waals surface area contributed by atoms with Crippen molar-refractivity contribution in [1.82, 2.24) is 20.9 Å². The van der Waals surface area contributed by atoms with E-state index >= 15 is 0 Å². The molecule has 0 atom stereocenters. The molecule has 1 fully saturated rings. The lowest BCUT2D eigenvalue weighted by Crippen LogP contribution is -2.21. The van der Waals surface area contributed by atoms with Gasteiger partial charge in [-0.2, -0.15) is 20.9 Å². The Morgan fingerprint density at radius 2 is 1.95 bits per heavy atom. The van der Waals surface area contributed by atoms with Crippen molar-refractivity contribution in [3.63, 3.8) is 0 Å². The summed E-state index contributed by atoms with van der Waals surface area (Å²) in [6.07, 6.45) is 5.19. The molecule has 0 saturated heterocycles. The molecule has 0 unspecified atom stereocenters. The zero-order valence-corrected chi connectivity index (χ0v) is 10.8. The molecule has 19 heavy (non-hydrogen) atoms. The zero-order valence-electron chi connectivity index (χ0n) is 10.8. The predicted molar refractivity (Wildman–Crippen MR) is 72.0 cm³/mol. The summed E-state index contributed by atoms with van der Waals surface area (Å²) in [5, 5.41) is 11.1. The van der Waals surface area contributed by atoms with E-state index in [1.54, 1.807) is 0 Å². The topological polar surface area (TPSA) is 62.8 Å². The van der Waals surface area contributed by atoms with Gasteiger partial charge in [-0.15, -0.1) is 0 Å². The highest BCUT2D eigenvalue weighted by atomic mass is 16.7. The molecule has 2 N–H and O–H groups in total. The number of H-pyrrole nitrogens is 1. The summed E-state index contributed by atoms with van der Waals surface area (Å²) >= 11 is 0. The second kappa shape index (κ2) is 5.95. The van der Waals surface area contributed by atoms with E-state index in [2.05, 4.69) is 20.9 Å². The minimum atomic E-state index is 0.354. The van der Waals surface area contributed by atoms with E-state index in [1.165, 1.54) is 12.8 Å². The van der Waals surface area contributed by atoms with Gasteiger partial charge in [-0.1, -0.05) is 43.2 Å². The van der Waals surface area contributed by atoms with Crippen LogP contribution in [0.1, 0.15) is 31.4 Å². The molecular weight excluding hydrogens is 240 g/mol. The fourth-order valence-electron chi connectivity index (χ4n) is 2.44. The Morgan fingerprint density at radius 3 is 2.74 bits per heavy atom. The molecule has 5 heteroatoms. The van der Waals surface area contributed by atoms with Crippen LogP contribution in [0, 0.1) is 0 Å². The molecule has 1 aromatic heterocycles. The third kappa shape index (κ3) is 3.00. The first kappa shape index (κ1) is 12.3. The van der Waals surface area contributed by atoms with Crippen molar-refractivity contribution >= 4 is 0 Å². The minimum Gasteiger partial charge on any atom is -0.298 e. The third-order valence-electron chi connectivity index (χ3n) is 3.46. The van der Waals surface area contributed by atoms with Gasteiger partial charge < -0.3 is 0 Å². The molecule has 5 nitrogen and oxygen atoms in total. The van der Waals surface area contributed by atoms with E-state index in [-0.39, 0.29) is 0 Å². The summed E-state index contributed by atoms with van der Waals surface area (Å²) < 4.78 is 0. The lowest BCUT2D eigenvalue weighted by atomic mass is 10.1. The lowest BCUT2D eigenvalue weighted by molar-refractivity contribution is -0.0248. The molecule has 100 valence electrons. The average molecular weight is 258 g/mol. The number of benzene rings is 1. The summed E-state index contributed by atoms with van der Waals surface area (Å²) in [6.45, 7) is 0.567. The second-order valence-electron chi connectivity index (χ2n) is 4.83. The Labute approximate surface area is 112 Å². The van der Waals surface area contributed by atoms with Gasteiger partial charge in [-0.3, -0.25) is 4.84 Å². The number of hydrogen-bond donors (Lipinski definition) is 2. The molecule has 3 rings (SSSR count). The van der Waals surface area contributed by atoms with E-state index in [0.29, 0.717) is 12.6 Å². The van der Waals surface area contributed by atoms with E-state index in [1.807, 2.05) is 30.3 Å². The van der Waals surface area contributed by atoms with E-state index in [4.69, 9.17) is 4.84 Å². The molecule has 1 aliphatic carbocycles. The largest absolute Gasteiger partial charge is 0.298 e. The van der Waals surface area contributed by atoms with Crippen LogP contribution >= 0.6 is 0 Å². The van der Waals surface area contributed by atoms with E-state index in [0.717, 1.165) is 29.8 Å². The van der Waals surface area contributed by atoms with Crippen molar-refractivity contribution in [3.8, 4) is 11.3 Å². The molecule has 0 radical (unpaired) electrons. The van der Waals surface area contributed by atoms with Gasteiger partial charge in [0, 0.05) is 5.56 Å². The van der Waals surface area contributed by atoms with Crippen LogP contribution in [0.5, 0.6) is 0 Å². The smallest absolute Gasteiger partial charge is 0.117 e. The van der Waals surface area contributed by atoms with Crippen molar-refractivity contribution in [1.29, 1.82) is 0 Å². The molecule has 1 heterocycles. The van der Waals surface area contributed by atoms with Gasteiger partial charge in [0.1, 0.15) is 11.4 Å². The minimum absolute atomic E-state index is 0.354. The van der Waals surface area contributed by atoms with Gasteiger partial charge in [0.2, 0.25) is 0 Å². The van der Waals surface area contributed by atoms with Gasteiger partial charge in [-0.05, 0) is 12.8 Å². The van der Waals surface area contributed by atoms with Crippen molar-refractivity contribution in [2.75, 3.05) is 0 Å². The highest BCUT2D eigenvalue weighted by molar-refractivity contribution is 5.60. The predicted octanol–water partition coefficient (Wildman–Crippen LogP) is 2.44. The van der Waals surface area contributed by atoms with Crippen LogP contribution in [-0.4, -0.2) is 21.5 Å². The molecule has 1 aliphatic rings. The van der Waals surface area contributed by atoms with Crippen molar-refractivity contribution in [2.24, 2.45) is 0 Å². The monoisotopic (exact) mass is 258 g/mol. The van der Waals surface area contributed by atoms with Crippen LogP contribution in [0.4, 0.5) is 0 Å². The number of rotatable bonds is 5. The molecule has 1 saturated carbocycles. The number of hydroxylamine groups is 1. The van der Waals surface area contributed by atoms with Crippen LogP contribution in [0.15, 0.2) is 30.3 Å². The molecule has 0 spiro atoms. The Hall–Kier alpha value is -1.72. The Balaban J connectivity index is 1.61. The SMILES string of the molecule is c1ccc(-c2n[nH]nc2CNOC2CCCC2)cc1. The zero-order chi connectivity index (χ0) is 12.9. The van der Waals surface area contributed by atoms with Crippen LogP contribution in [0.3, 0.4) is 0 Å². The van der Waals surface area contributed by atoms with Crippen molar-refractivity contribution in [2.45, 2.75) is 38.3 Å². The number of nitrogens with one attached hydrogen (secondary N) is 2. The molecule has 2 aromatic rings. The van der Waals surface area contributed by atoms with Crippen molar-refractivity contribution < 1.29 is 4.84 Å². The Kier molecular flexibility index (Phi) is 3.86. The number of hydrogen-bond acceptors (Lipinski definition) is 4. The quantitative estimate of drug-likeness (QED) is 0.809. The maximum Gasteiger partial charge on any atom is 0.117 e. The van der Waals surface area contributed by atoms with Gasteiger partial charge in [0.25, 0.3) is 0 Å². The number of aromatic amines is 1. The van der Waals surface area contributed by atoms with Gasteiger partial charge in [-0.25, -0.2) is 0 Å². The summed E-state index contributed by atoms with van der Waals surface area (Å²) in [6, 6.07) is 10.0. The first-order valence-corrected chi connectivity index (χ1v) is 6.77. The summed E-state index contributed by atoms with van der Waals surface area (Å²) in [5.41, 5.74) is 5.84. The number of aromatic nitrogens is 3. The molecule has 0 amide bonds. The molecule has 0 bridgehead atoms. The second-order valence-corrected chi connectivity index (χ2v) is 4.83. The highest BCUT2D eigenvalue weighted by Gasteiger charge is 2.16. The Bertz CT molecular complexity index is 505. The normalized spacial score (nSPS) is 16.0. The van der Waals surface area contributed by atoms with Crippen molar-refractivity contribution in [3.05, 3.63) is 36.0 Å². The number of nitrogens with zero attached hydrogens (tertiary/aromatic N) is 2. The van der Waals surface area contributed by atoms with Gasteiger partial charge >= 0.3 is 0 Å². The molecule has 1 aromatic carbocycles. The first-order valence-electron chi connectivity index (χ1n) is 6.77. The standard InChI is InChI=1S/C14H18N4O/c1-2-6-11(7-3-1)14-13(16-18-17-14)10-15-19-12-8-4-5-9-12/h1-3,6-7,12,15H,4-5,8-10H2,(H,16,17,18). The van der Waals surface area contributed by atoms with Crippen LogP contribution in [0.25, 0.3) is 11.3 Å². The lowest BCUT2D eigenvalue weighted by Gasteiger charge is -2.10. The molecule has 0 aliphatic heterocycles. The van der Waals surface area contributed by atoms with Gasteiger partial charge in [0.05, 0.1) is 12.6 Å². The van der Waals surface area contributed by atoms with E-state index < -0.39 is 0 Å². The maximum absolute atomic E-state index is 5.64. The van der Waals surface area contributed by atoms with Crippen LogP contribution in [-0.2, 0) is 11.4 Å².